The van der Waals surface area contributed by atoms with Crippen LogP contribution in [0.2, 0.25) is 10.0 Å². The minimum absolute atomic E-state index is 0.295. The average molecular weight is 315 g/mol. The number of halogens is 2. The molecule has 4 heteroatoms. The molecule has 2 rings (SSSR count). The first-order chi connectivity index (χ1) is 9.53. The highest BCUT2D eigenvalue weighted by Gasteiger charge is 2.33. The molecule has 0 amide bonds. The fourth-order valence-corrected chi connectivity index (χ4v) is 3.48. The van der Waals surface area contributed by atoms with Crippen LogP contribution >= 0.6 is 23.2 Å². The summed E-state index contributed by atoms with van der Waals surface area (Å²) in [5.41, 5.74) is 1.37. The van der Waals surface area contributed by atoms with E-state index < -0.39 is 0 Å². The van der Waals surface area contributed by atoms with E-state index in [2.05, 4.69) is 24.3 Å². The Bertz CT molecular complexity index is 440. The van der Waals surface area contributed by atoms with Crippen molar-refractivity contribution in [1.82, 2.24) is 10.2 Å². The summed E-state index contributed by atoms with van der Waals surface area (Å²) in [7, 11) is 4.39. The number of rotatable bonds is 5. The lowest BCUT2D eigenvalue weighted by Crippen LogP contribution is -2.52. The summed E-state index contributed by atoms with van der Waals surface area (Å²) in [4.78, 5) is 2.39. The first-order valence-corrected chi connectivity index (χ1v) is 8.11. The molecule has 1 saturated carbocycles. The van der Waals surface area contributed by atoms with Crippen LogP contribution in [-0.4, -0.2) is 31.1 Å². The molecule has 0 unspecified atom stereocenters. The summed E-state index contributed by atoms with van der Waals surface area (Å²) in [6.07, 6.45) is 6.58. The van der Waals surface area contributed by atoms with Crippen LogP contribution in [0.15, 0.2) is 18.2 Å². The zero-order valence-corrected chi connectivity index (χ0v) is 13.9. The molecular formula is C16H24Cl2N2. The standard InChI is InChI=1S/C16H24Cl2N2/c1-20(2)16(8-4-3-5-9-16)12-19-11-13-10-14(17)6-7-15(13)18/h6-7,10,19H,3-5,8-9,11-12H2,1-2H3. The van der Waals surface area contributed by atoms with Gasteiger partial charge in [0, 0.05) is 28.7 Å². The Balaban J connectivity index is 1.95. The Morgan fingerprint density at radius 2 is 1.85 bits per heavy atom. The fraction of sp³-hybridized carbons (Fsp3) is 0.625. The van der Waals surface area contributed by atoms with E-state index in [-0.39, 0.29) is 0 Å². The molecule has 112 valence electrons. The normalized spacial score (nSPS) is 18.4. The maximum atomic E-state index is 6.21. The summed E-state index contributed by atoms with van der Waals surface area (Å²) >= 11 is 12.2. The number of likely N-dealkylation sites (N-methyl/N-ethyl adjacent to an activating group) is 1. The van der Waals surface area contributed by atoms with Gasteiger partial charge >= 0.3 is 0 Å². The van der Waals surface area contributed by atoms with Gasteiger partial charge in [0.15, 0.2) is 0 Å². The van der Waals surface area contributed by atoms with Crippen LogP contribution in [-0.2, 0) is 6.54 Å². The SMILES string of the molecule is CN(C)C1(CNCc2cc(Cl)ccc2Cl)CCCCC1. The second kappa shape index (κ2) is 7.13. The summed E-state index contributed by atoms with van der Waals surface area (Å²) in [5.74, 6) is 0. The van der Waals surface area contributed by atoms with Gasteiger partial charge in [-0.2, -0.15) is 0 Å². The van der Waals surface area contributed by atoms with Crippen LogP contribution in [0, 0.1) is 0 Å². The van der Waals surface area contributed by atoms with Crippen LogP contribution in [0.3, 0.4) is 0 Å². The van der Waals surface area contributed by atoms with Crippen molar-refractivity contribution in [3.63, 3.8) is 0 Å². The van der Waals surface area contributed by atoms with Crippen molar-refractivity contribution in [1.29, 1.82) is 0 Å². The van der Waals surface area contributed by atoms with Crippen LogP contribution in [0.4, 0.5) is 0 Å². The highest BCUT2D eigenvalue weighted by atomic mass is 35.5. The number of hydrogen-bond donors (Lipinski definition) is 1. The molecule has 0 radical (unpaired) electrons. The summed E-state index contributed by atoms with van der Waals surface area (Å²) < 4.78 is 0. The molecule has 1 aliphatic rings. The van der Waals surface area contributed by atoms with E-state index in [0.717, 1.165) is 28.7 Å². The third-order valence-corrected chi connectivity index (χ3v) is 5.11. The van der Waals surface area contributed by atoms with Gasteiger partial charge in [-0.1, -0.05) is 42.5 Å². The minimum Gasteiger partial charge on any atom is -0.311 e. The second-order valence-electron chi connectivity index (χ2n) is 6.02. The predicted octanol–water partition coefficient (Wildman–Crippen LogP) is 4.35. The third kappa shape index (κ3) is 3.88. The van der Waals surface area contributed by atoms with Crippen molar-refractivity contribution in [2.75, 3.05) is 20.6 Å². The van der Waals surface area contributed by atoms with Crippen molar-refractivity contribution in [2.24, 2.45) is 0 Å². The molecule has 0 atom stereocenters. The Labute approximate surface area is 132 Å². The fourth-order valence-electron chi connectivity index (χ4n) is 3.10. The van der Waals surface area contributed by atoms with Crippen molar-refractivity contribution >= 4 is 23.2 Å². The third-order valence-electron chi connectivity index (χ3n) is 4.51. The van der Waals surface area contributed by atoms with E-state index in [1.807, 2.05) is 18.2 Å². The minimum atomic E-state index is 0.295. The highest BCUT2D eigenvalue weighted by molar-refractivity contribution is 6.33. The van der Waals surface area contributed by atoms with Gasteiger partial charge in [0.25, 0.3) is 0 Å². The zero-order valence-electron chi connectivity index (χ0n) is 12.4. The average Bonchev–Trinajstić information content (AvgIpc) is 2.43. The maximum absolute atomic E-state index is 6.21. The molecule has 0 saturated heterocycles. The van der Waals surface area contributed by atoms with Crippen LogP contribution in [0.1, 0.15) is 37.7 Å². The van der Waals surface area contributed by atoms with Crippen molar-refractivity contribution in [3.8, 4) is 0 Å². The van der Waals surface area contributed by atoms with E-state index in [4.69, 9.17) is 23.2 Å². The van der Waals surface area contributed by atoms with Gasteiger partial charge in [0.1, 0.15) is 0 Å². The van der Waals surface area contributed by atoms with Crippen molar-refractivity contribution < 1.29 is 0 Å². The van der Waals surface area contributed by atoms with Gasteiger partial charge in [-0.15, -0.1) is 0 Å². The zero-order chi connectivity index (χ0) is 14.6. The van der Waals surface area contributed by atoms with E-state index in [0.29, 0.717) is 5.54 Å². The number of nitrogens with zero attached hydrogens (tertiary/aromatic N) is 1. The molecule has 0 heterocycles. The molecule has 2 nitrogen and oxygen atoms in total. The van der Waals surface area contributed by atoms with Gasteiger partial charge in [-0.3, -0.25) is 0 Å². The summed E-state index contributed by atoms with van der Waals surface area (Å²) in [5, 5.41) is 5.10. The Morgan fingerprint density at radius 1 is 1.15 bits per heavy atom. The molecule has 1 N–H and O–H groups in total. The first kappa shape index (κ1) is 16.1. The smallest absolute Gasteiger partial charge is 0.0451 e. The molecule has 0 spiro atoms. The lowest BCUT2D eigenvalue weighted by atomic mass is 9.80. The number of benzene rings is 1. The molecule has 1 aliphatic carbocycles. The van der Waals surface area contributed by atoms with Gasteiger partial charge in [-0.05, 0) is 50.7 Å². The Kier molecular flexibility index (Phi) is 5.74. The van der Waals surface area contributed by atoms with E-state index >= 15 is 0 Å². The molecule has 0 aliphatic heterocycles. The summed E-state index contributed by atoms with van der Waals surface area (Å²) in [6.45, 7) is 1.78. The van der Waals surface area contributed by atoms with Crippen LogP contribution in [0.25, 0.3) is 0 Å². The first-order valence-electron chi connectivity index (χ1n) is 7.36. The molecule has 0 aromatic heterocycles. The predicted molar refractivity (Wildman–Crippen MR) is 87.7 cm³/mol. The van der Waals surface area contributed by atoms with Gasteiger partial charge in [0.2, 0.25) is 0 Å². The van der Waals surface area contributed by atoms with Gasteiger partial charge in [0.05, 0.1) is 0 Å². The quantitative estimate of drug-likeness (QED) is 0.869. The Morgan fingerprint density at radius 3 is 2.50 bits per heavy atom. The monoisotopic (exact) mass is 314 g/mol. The number of nitrogens with one attached hydrogen (secondary N) is 1. The van der Waals surface area contributed by atoms with Crippen molar-refractivity contribution in [2.45, 2.75) is 44.2 Å². The molecule has 20 heavy (non-hydrogen) atoms. The topological polar surface area (TPSA) is 15.3 Å². The molecule has 1 aromatic carbocycles. The number of hydrogen-bond acceptors (Lipinski definition) is 2. The molecule has 1 aromatic rings. The van der Waals surface area contributed by atoms with E-state index in [1.165, 1.54) is 32.1 Å². The second-order valence-corrected chi connectivity index (χ2v) is 6.86. The lowest BCUT2D eigenvalue weighted by Gasteiger charge is -2.43. The van der Waals surface area contributed by atoms with Crippen LogP contribution in [0.5, 0.6) is 0 Å². The van der Waals surface area contributed by atoms with Gasteiger partial charge in [-0.25, -0.2) is 0 Å². The molecule has 0 bridgehead atoms. The van der Waals surface area contributed by atoms with Crippen LogP contribution < -0.4 is 5.32 Å². The summed E-state index contributed by atoms with van der Waals surface area (Å²) in [6, 6.07) is 5.64. The molecule has 1 fully saturated rings. The maximum Gasteiger partial charge on any atom is 0.0451 e. The molecular weight excluding hydrogens is 291 g/mol. The van der Waals surface area contributed by atoms with Crippen molar-refractivity contribution in [3.05, 3.63) is 33.8 Å². The lowest BCUT2D eigenvalue weighted by molar-refractivity contribution is 0.0984. The largest absolute Gasteiger partial charge is 0.311 e. The Hall–Kier alpha value is -0.280. The van der Waals surface area contributed by atoms with E-state index in [9.17, 15) is 0 Å². The van der Waals surface area contributed by atoms with E-state index in [1.54, 1.807) is 0 Å². The highest BCUT2D eigenvalue weighted by Crippen LogP contribution is 2.31. The van der Waals surface area contributed by atoms with Gasteiger partial charge < -0.3 is 10.2 Å².